The van der Waals surface area contributed by atoms with Gasteiger partial charge in [-0.2, -0.15) is 0 Å². The van der Waals surface area contributed by atoms with E-state index in [2.05, 4.69) is 27.5 Å². The maximum Gasteiger partial charge on any atom is 0.313 e. The molecule has 3 amide bonds. The predicted octanol–water partition coefficient (Wildman–Crippen LogP) is 1.58. The van der Waals surface area contributed by atoms with Crippen molar-refractivity contribution in [3.8, 4) is 0 Å². The maximum absolute atomic E-state index is 13.1. The van der Waals surface area contributed by atoms with Crippen LogP contribution in [-0.4, -0.2) is 79.9 Å². The molecular weight excluding hydrogens is 418 g/mol. The summed E-state index contributed by atoms with van der Waals surface area (Å²) >= 11 is 0. The number of hydrogen-bond donors (Lipinski definition) is 2. The standard InChI is InChI=1S/C25H31N5O3/c1-18(17-29-14-12-28(2)13-15-29)26-23(31)24(32)27-21-8-5-7-20(16-21)25(33)30-11-10-19-6-3-4-9-22(19)30/h3-9,16,18H,10-15,17H2,1-2H3,(H,26,31)(H,27,32)/t18-/m1/s1. The fourth-order valence-electron chi connectivity index (χ4n) is 4.38. The Balaban J connectivity index is 1.32. The monoisotopic (exact) mass is 449 g/mol. The summed E-state index contributed by atoms with van der Waals surface area (Å²) in [5, 5.41) is 5.39. The molecule has 0 bridgehead atoms. The minimum atomic E-state index is -0.739. The Labute approximate surface area is 194 Å². The molecule has 2 aromatic rings. The van der Waals surface area contributed by atoms with E-state index in [1.165, 1.54) is 0 Å². The Bertz CT molecular complexity index is 1030. The van der Waals surface area contributed by atoms with Crippen molar-refractivity contribution < 1.29 is 14.4 Å². The van der Waals surface area contributed by atoms with E-state index in [-0.39, 0.29) is 11.9 Å². The number of hydrogen-bond acceptors (Lipinski definition) is 5. The van der Waals surface area contributed by atoms with Crippen molar-refractivity contribution in [1.82, 2.24) is 15.1 Å². The van der Waals surface area contributed by atoms with E-state index in [4.69, 9.17) is 0 Å². The molecule has 0 aromatic heterocycles. The average molecular weight is 450 g/mol. The van der Waals surface area contributed by atoms with Crippen LogP contribution < -0.4 is 15.5 Å². The van der Waals surface area contributed by atoms with Crippen molar-refractivity contribution in [3.63, 3.8) is 0 Å². The predicted molar refractivity (Wildman–Crippen MR) is 128 cm³/mol. The number of piperazine rings is 1. The Morgan fingerprint density at radius 3 is 2.48 bits per heavy atom. The molecule has 2 heterocycles. The highest BCUT2D eigenvalue weighted by Gasteiger charge is 2.26. The van der Waals surface area contributed by atoms with E-state index in [9.17, 15) is 14.4 Å². The zero-order chi connectivity index (χ0) is 23.4. The molecule has 2 aliphatic rings. The Kier molecular flexibility index (Phi) is 7.05. The third-order valence-electron chi connectivity index (χ3n) is 6.21. The van der Waals surface area contributed by atoms with Crippen LogP contribution in [0.15, 0.2) is 48.5 Å². The number of fused-ring (bicyclic) bond motifs is 1. The van der Waals surface area contributed by atoms with Crippen LogP contribution in [0.3, 0.4) is 0 Å². The van der Waals surface area contributed by atoms with E-state index in [1.54, 1.807) is 29.2 Å². The van der Waals surface area contributed by atoms with Gasteiger partial charge in [-0.3, -0.25) is 19.3 Å². The maximum atomic E-state index is 13.1. The highest BCUT2D eigenvalue weighted by atomic mass is 16.2. The molecule has 0 spiro atoms. The van der Waals surface area contributed by atoms with Gasteiger partial charge in [-0.15, -0.1) is 0 Å². The largest absolute Gasteiger partial charge is 0.344 e. The third-order valence-corrected chi connectivity index (χ3v) is 6.21. The second-order valence-electron chi connectivity index (χ2n) is 8.85. The second kappa shape index (κ2) is 10.1. The van der Waals surface area contributed by atoms with Crippen LogP contribution in [0.25, 0.3) is 0 Å². The first-order valence-corrected chi connectivity index (χ1v) is 11.4. The number of rotatable bonds is 5. The van der Waals surface area contributed by atoms with Crippen molar-refractivity contribution in [2.24, 2.45) is 0 Å². The Morgan fingerprint density at radius 1 is 0.939 bits per heavy atom. The summed E-state index contributed by atoms with van der Waals surface area (Å²) in [6, 6.07) is 14.4. The molecule has 2 N–H and O–H groups in total. The number of likely N-dealkylation sites (N-methyl/N-ethyl adjacent to an activating group) is 1. The van der Waals surface area contributed by atoms with Gasteiger partial charge in [0.15, 0.2) is 0 Å². The molecule has 4 rings (SSSR count). The lowest BCUT2D eigenvalue weighted by molar-refractivity contribution is -0.136. The van der Waals surface area contributed by atoms with Crippen molar-refractivity contribution in [2.75, 3.05) is 56.5 Å². The lowest BCUT2D eigenvalue weighted by atomic mass is 10.1. The zero-order valence-electron chi connectivity index (χ0n) is 19.2. The molecular formula is C25H31N5O3. The number of para-hydroxylation sites is 1. The van der Waals surface area contributed by atoms with Gasteiger partial charge in [-0.1, -0.05) is 24.3 Å². The summed E-state index contributed by atoms with van der Waals surface area (Å²) in [5.74, 6) is -1.54. The van der Waals surface area contributed by atoms with Crippen LogP contribution in [0, 0.1) is 0 Å². The van der Waals surface area contributed by atoms with Gasteiger partial charge >= 0.3 is 11.8 Å². The molecule has 174 valence electrons. The number of anilines is 2. The molecule has 2 aliphatic heterocycles. The topological polar surface area (TPSA) is 85.0 Å². The van der Waals surface area contributed by atoms with E-state index in [1.807, 2.05) is 31.2 Å². The first-order valence-electron chi connectivity index (χ1n) is 11.4. The van der Waals surface area contributed by atoms with Gasteiger partial charge < -0.3 is 20.4 Å². The fraction of sp³-hybridized carbons (Fsp3) is 0.400. The number of benzene rings is 2. The number of carbonyl (C=O) groups is 3. The highest BCUT2D eigenvalue weighted by Crippen LogP contribution is 2.29. The summed E-state index contributed by atoms with van der Waals surface area (Å²) in [6.07, 6.45) is 0.824. The third kappa shape index (κ3) is 5.58. The SMILES string of the molecule is C[C@H](CN1CCN(C)CC1)NC(=O)C(=O)Nc1cccc(C(=O)N2CCc3ccccc32)c1. The van der Waals surface area contributed by atoms with Crippen LogP contribution in [0.5, 0.6) is 0 Å². The van der Waals surface area contributed by atoms with Crippen LogP contribution >= 0.6 is 0 Å². The number of amides is 3. The van der Waals surface area contributed by atoms with Gasteiger partial charge in [0.25, 0.3) is 5.91 Å². The summed E-state index contributed by atoms with van der Waals surface area (Å²) in [7, 11) is 2.10. The lowest BCUT2D eigenvalue weighted by Gasteiger charge is -2.33. The quantitative estimate of drug-likeness (QED) is 0.677. The second-order valence-corrected chi connectivity index (χ2v) is 8.85. The summed E-state index contributed by atoms with van der Waals surface area (Å²) < 4.78 is 0. The summed E-state index contributed by atoms with van der Waals surface area (Å²) in [4.78, 5) is 44.2. The van der Waals surface area contributed by atoms with Crippen molar-refractivity contribution in [1.29, 1.82) is 0 Å². The van der Waals surface area contributed by atoms with Crippen molar-refractivity contribution in [3.05, 3.63) is 59.7 Å². The smallest absolute Gasteiger partial charge is 0.313 e. The molecule has 1 saturated heterocycles. The molecule has 33 heavy (non-hydrogen) atoms. The fourth-order valence-corrected chi connectivity index (χ4v) is 4.38. The van der Waals surface area contributed by atoms with Crippen LogP contribution in [-0.2, 0) is 16.0 Å². The highest BCUT2D eigenvalue weighted by molar-refractivity contribution is 6.39. The minimum absolute atomic E-state index is 0.124. The zero-order valence-corrected chi connectivity index (χ0v) is 19.2. The molecule has 1 atom stereocenters. The molecule has 2 aromatic carbocycles. The van der Waals surface area contributed by atoms with Gasteiger partial charge in [0.1, 0.15) is 0 Å². The van der Waals surface area contributed by atoms with Crippen molar-refractivity contribution >= 4 is 29.1 Å². The lowest BCUT2D eigenvalue weighted by Crippen LogP contribution is -2.51. The van der Waals surface area contributed by atoms with Gasteiger partial charge in [-0.05, 0) is 50.2 Å². The molecule has 1 fully saturated rings. The van der Waals surface area contributed by atoms with Crippen LogP contribution in [0.4, 0.5) is 11.4 Å². The Hall–Kier alpha value is -3.23. The molecule has 0 radical (unpaired) electrons. The average Bonchev–Trinajstić information content (AvgIpc) is 3.24. The van der Waals surface area contributed by atoms with Gasteiger partial charge in [0.05, 0.1) is 0 Å². The summed E-state index contributed by atoms with van der Waals surface area (Å²) in [5.41, 5.74) is 2.96. The first kappa shape index (κ1) is 22.9. The van der Waals surface area contributed by atoms with E-state index in [0.717, 1.165) is 43.9 Å². The minimum Gasteiger partial charge on any atom is -0.344 e. The van der Waals surface area contributed by atoms with Gasteiger partial charge in [-0.25, -0.2) is 0 Å². The molecule has 8 nitrogen and oxygen atoms in total. The van der Waals surface area contributed by atoms with Gasteiger partial charge in [0.2, 0.25) is 0 Å². The van der Waals surface area contributed by atoms with Crippen molar-refractivity contribution in [2.45, 2.75) is 19.4 Å². The molecule has 0 saturated carbocycles. The van der Waals surface area contributed by atoms with Crippen LogP contribution in [0.1, 0.15) is 22.8 Å². The van der Waals surface area contributed by atoms with E-state index in [0.29, 0.717) is 24.3 Å². The first-order chi connectivity index (χ1) is 15.9. The molecule has 8 heteroatoms. The van der Waals surface area contributed by atoms with Gasteiger partial charge in [0, 0.05) is 62.2 Å². The van der Waals surface area contributed by atoms with E-state index >= 15 is 0 Å². The normalized spacial score (nSPS) is 17.3. The number of nitrogens with zero attached hydrogens (tertiary/aromatic N) is 3. The van der Waals surface area contributed by atoms with E-state index < -0.39 is 11.8 Å². The summed E-state index contributed by atoms with van der Waals surface area (Å²) in [6.45, 7) is 7.13. The number of nitrogens with one attached hydrogen (secondary N) is 2. The van der Waals surface area contributed by atoms with Crippen LogP contribution in [0.2, 0.25) is 0 Å². The molecule has 0 unspecified atom stereocenters. The number of carbonyl (C=O) groups excluding carboxylic acids is 3. The molecule has 0 aliphatic carbocycles. The Morgan fingerprint density at radius 2 is 1.70 bits per heavy atom.